The maximum Gasteiger partial charge on any atom is 0.416 e. The van der Waals surface area contributed by atoms with Gasteiger partial charge in [0.15, 0.2) is 0 Å². The van der Waals surface area contributed by atoms with E-state index < -0.39 is 53.6 Å². The van der Waals surface area contributed by atoms with Crippen LogP contribution in [0.5, 0.6) is 0 Å². The van der Waals surface area contributed by atoms with Crippen molar-refractivity contribution in [1.29, 1.82) is 0 Å². The average molecular weight is 513 g/mol. The lowest BCUT2D eigenvalue weighted by atomic mass is 9.99. The Bertz CT molecular complexity index is 1140. The fourth-order valence-corrected chi connectivity index (χ4v) is 4.78. The van der Waals surface area contributed by atoms with Gasteiger partial charge in [0.2, 0.25) is 5.91 Å². The Morgan fingerprint density at radius 2 is 1.83 bits per heavy atom. The molecule has 0 bridgehead atoms. The first-order valence-electron chi connectivity index (χ1n) is 11.7. The molecule has 2 fully saturated rings. The molecule has 5 nitrogen and oxygen atoms in total. The molecule has 0 radical (unpaired) electrons. The van der Waals surface area contributed by atoms with Crippen molar-refractivity contribution in [3.8, 4) is 0 Å². The highest BCUT2D eigenvalue weighted by Crippen LogP contribution is 2.43. The van der Waals surface area contributed by atoms with Crippen LogP contribution in [0.1, 0.15) is 78.7 Å². The van der Waals surface area contributed by atoms with Crippen molar-refractivity contribution in [3.05, 3.63) is 64.7 Å². The smallest absolute Gasteiger partial charge is 0.347 e. The number of carbonyl (C=O) groups is 2. The van der Waals surface area contributed by atoms with E-state index in [1.807, 2.05) is 6.92 Å². The largest absolute Gasteiger partial charge is 0.416 e. The van der Waals surface area contributed by atoms with Gasteiger partial charge in [-0.25, -0.2) is 13.2 Å². The molecule has 2 aromatic rings. The van der Waals surface area contributed by atoms with Crippen LogP contribution in [-0.2, 0) is 11.0 Å². The first-order chi connectivity index (χ1) is 17.0. The zero-order valence-corrected chi connectivity index (χ0v) is 19.4. The summed E-state index contributed by atoms with van der Waals surface area (Å²) < 4.78 is 79.8. The SMILES string of the molecule is CC[C@@H]1CC[C@H](C(=O)NC(c2ccc(C(F)(F)F)cc2F)C2CC2)N1C(=O)c1ccnc(C(F)F)c1. The Labute approximate surface area is 203 Å². The van der Waals surface area contributed by atoms with Gasteiger partial charge < -0.3 is 10.2 Å². The van der Waals surface area contributed by atoms with Crippen molar-refractivity contribution in [2.24, 2.45) is 5.92 Å². The van der Waals surface area contributed by atoms with Gasteiger partial charge in [-0.05, 0) is 62.3 Å². The van der Waals surface area contributed by atoms with Gasteiger partial charge in [0, 0.05) is 23.4 Å². The van der Waals surface area contributed by atoms with Crippen LogP contribution in [0.4, 0.5) is 26.3 Å². The Balaban J connectivity index is 1.58. The Morgan fingerprint density at radius 1 is 1.11 bits per heavy atom. The maximum absolute atomic E-state index is 14.7. The normalized spacial score (nSPS) is 21.1. The summed E-state index contributed by atoms with van der Waals surface area (Å²) in [6.45, 7) is 1.84. The molecule has 1 saturated carbocycles. The first kappa shape index (κ1) is 26.0. The highest BCUT2D eigenvalue weighted by atomic mass is 19.4. The van der Waals surface area contributed by atoms with E-state index in [4.69, 9.17) is 0 Å². The summed E-state index contributed by atoms with van der Waals surface area (Å²) in [5.41, 5.74) is -1.74. The van der Waals surface area contributed by atoms with Gasteiger partial charge in [-0.2, -0.15) is 13.2 Å². The summed E-state index contributed by atoms with van der Waals surface area (Å²) in [5, 5.41) is 2.76. The number of likely N-dealkylation sites (tertiary alicyclic amines) is 1. The molecule has 1 saturated heterocycles. The van der Waals surface area contributed by atoms with Gasteiger partial charge >= 0.3 is 6.18 Å². The molecular weight excluding hydrogens is 488 g/mol. The van der Waals surface area contributed by atoms with Crippen molar-refractivity contribution in [1.82, 2.24) is 15.2 Å². The van der Waals surface area contributed by atoms with Crippen LogP contribution in [0.15, 0.2) is 36.5 Å². The van der Waals surface area contributed by atoms with E-state index in [0.29, 0.717) is 38.2 Å². The number of halogens is 6. The Hall–Kier alpha value is -3.11. The molecule has 1 aromatic heterocycles. The monoisotopic (exact) mass is 513 g/mol. The topological polar surface area (TPSA) is 62.3 Å². The van der Waals surface area contributed by atoms with Gasteiger partial charge in [-0.15, -0.1) is 0 Å². The highest BCUT2D eigenvalue weighted by Gasteiger charge is 2.43. The van der Waals surface area contributed by atoms with Gasteiger partial charge in [-0.3, -0.25) is 14.6 Å². The summed E-state index contributed by atoms with van der Waals surface area (Å²) in [4.78, 5) is 31.6. The number of alkyl halides is 5. The van der Waals surface area contributed by atoms with Crippen molar-refractivity contribution in [2.45, 2.75) is 69.8 Å². The molecule has 2 amide bonds. The second-order valence-corrected chi connectivity index (χ2v) is 9.20. The summed E-state index contributed by atoms with van der Waals surface area (Å²) in [7, 11) is 0. The number of nitrogens with zero attached hydrogens (tertiary/aromatic N) is 2. The third-order valence-electron chi connectivity index (χ3n) is 6.82. The van der Waals surface area contributed by atoms with E-state index in [9.17, 15) is 35.9 Å². The lowest BCUT2D eigenvalue weighted by Gasteiger charge is -2.31. The summed E-state index contributed by atoms with van der Waals surface area (Å²) in [6, 6.07) is 2.46. The maximum atomic E-state index is 14.7. The minimum Gasteiger partial charge on any atom is -0.347 e. The number of aromatic nitrogens is 1. The number of nitrogens with one attached hydrogen (secondary N) is 1. The minimum atomic E-state index is -4.70. The number of amides is 2. The second kappa shape index (κ2) is 10.1. The molecular formula is C25H25F6N3O2. The minimum absolute atomic E-state index is 0.0222. The molecule has 1 unspecified atom stereocenters. The quantitative estimate of drug-likeness (QED) is 0.474. The molecule has 1 aliphatic carbocycles. The van der Waals surface area contributed by atoms with Crippen molar-refractivity contribution < 1.29 is 35.9 Å². The lowest BCUT2D eigenvalue weighted by molar-refractivity contribution is -0.137. The highest BCUT2D eigenvalue weighted by molar-refractivity contribution is 5.98. The van der Waals surface area contributed by atoms with Crippen LogP contribution >= 0.6 is 0 Å². The van der Waals surface area contributed by atoms with E-state index in [-0.39, 0.29) is 23.1 Å². The number of hydrogen-bond donors (Lipinski definition) is 1. The van der Waals surface area contributed by atoms with E-state index in [0.717, 1.165) is 24.4 Å². The number of benzene rings is 1. The molecule has 11 heteroatoms. The zero-order chi connectivity index (χ0) is 26.2. The van der Waals surface area contributed by atoms with E-state index in [1.54, 1.807) is 0 Å². The van der Waals surface area contributed by atoms with Gasteiger partial charge in [-0.1, -0.05) is 13.0 Å². The molecule has 2 aliphatic rings. The van der Waals surface area contributed by atoms with Crippen LogP contribution in [0.25, 0.3) is 0 Å². The zero-order valence-electron chi connectivity index (χ0n) is 19.4. The van der Waals surface area contributed by atoms with Crippen molar-refractivity contribution >= 4 is 11.8 Å². The molecule has 0 spiro atoms. The van der Waals surface area contributed by atoms with Crippen LogP contribution in [-0.4, -0.2) is 33.8 Å². The van der Waals surface area contributed by atoms with Crippen LogP contribution in [0, 0.1) is 11.7 Å². The Kier molecular flexibility index (Phi) is 7.28. The van der Waals surface area contributed by atoms with Gasteiger partial charge in [0.25, 0.3) is 12.3 Å². The fourth-order valence-electron chi connectivity index (χ4n) is 4.78. The summed E-state index contributed by atoms with van der Waals surface area (Å²) in [6.07, 6.45) is -3.76. The third-order valence-corrected chi connectivity index (χ3v) is 6.82. The molecule has 3 atom stereocenters. The van der Waals surface area contributed by atoms with E-state index >= 15 is 0 Å². The second-order valence-electron chi connectivity index (χ2n) is 9.20. The molecule has 4 rings (SSSR count). The third kappa shape index (κ3) is 5.34. The lowest BCUT2D eigenvalue weighted by Crippen LogP contribution is -2.49. The molecule has 36 heavy (non-hydrogen) atoms. The molecule has 1 aliphatic heterocycles. The molecule has 1 N–H and O–H groups in total. The predicted octanol–water partition coefficient (Wildman–Crippen LogP) is 5.83. The standard InChI is InChI=1S/C25H25F6N3O2/c1-2-16-6-8-20(34(16)24(36)14-9-10-32-19(11-14)22(27)28)23(35)33-21(13-3-4-13)17-7-5-15(12-18(17)26)25(29,30)31/h5,7,9-13,16,20-22H,2-4,6,8H2,1H3,(H,33,35)/t16-,20-,21?/m1/s1. The summed E-state index contributed by atoms with van der Waals surface area (Å²) >= 11 is 0. The van der Waals surface area contributed by atoms with Crippen LogP contribution < -0.4 is 5.32 Å². The van der Waals surface area contributed by atoms with Gasteiger partial charge in [0.1, 0.15) is 17.6 Å². The molecule has 2 heterocycles. The number of carbonyl (C=O) groups excluding carboxylic acids is 2. The number of pyridine rings is 1. The summed E-state index contributed by atoms with van der Waals surface area (Å²) in [5.74, 6) is -2.35. The van der Waals surface area contributed by atoms with Crippen LogP contribution in [0.3, 0.4) is 0 Å². The van der Waals surface area contributed by atoms with Crippen molar-refractivity contribution in [2.75, 3.05) is 0 Å². The Morgan fingerprint density at radius 3 is 2.42 bits per heavy atom. The van der Waals surface area contributed by atoms with Crippen LogP contribution in [0.2, 0.25) is 0 Å². The average Bonchev–Trinajstić information content (AvgIpc) is 3.59. The first-order valence-corrected chi connectivity index (χ1v) is 11.7. The molecule has 1 aromatic carbocycles. The predicted molar refractivity (Wildman–Crippen MR) is 117 cm³/mol. The van der Waals surface area contributed by atoms with Crippen molar-refractivity contribution in [3.63, 3.8) is 0 Å². The van der Waals surface area contributed by atoms with E-state index in [2.05, 4.69) is 10.3 Å². The number of rotatable bonds is 7. The number of hydrogen-bond acceptors (Lipinski definition) is 3. The van der Waals surface area contributed by atoms with E-state index in [1.165, 1.54) is 11.0 Å². The van der Waals surface area contributed by atoms with Gasteiger partial charge in [0.05, 0.1) is 11.6 Å². The fraction of sp³-hybridized carbons (Fsp3) is 0.480. The molecule has 194 valence electrons.